The van der Waals surface area contributed by atoms with Crippen LogP contribution in [-0.4, -0.2) is 36.3 Å². The maximum absolute atomic E-state index is 6.02. The van der Waals surface area contributed by atoms with E-state index in [2.05, 4.69) is 27.9 Å². The zero-order chi connectivity index (χ0) is 12.5. The fraction of sp³-hybridized carbons (Fsp3) is 0.500. The van der Waals surface area contributed by atoms with Gasteiger partial charge in [-0.05, 0) is 24.1 Å². The fourth-order valence-corrected chi connectivity index (χ4v) is 3.32. The molecule has 0 spiro atoms. The Labute approximate surface area is 115 Å². The van der Waals surface area contributed by atoms with Crippen LogP contribution in [0.2, 0.25) is 5.28 Å². The minimum absolute atomic E-state index is 0.324. The number of ether oxygens (including phenoxy) is 1. The average Bonchev–Trinajstić information content (AvgIpc) is 2.81. The molecule has 1 saturated heterocycles. The minimum Gasteiger partial charge on any atom is -0.378 e. The molecule has 0 radical (unpaired) electrons. The molecule has 1 aliphatic rings. The Balaban J connectivity index is 2.10. The van der Waals surface area contributed by atoms with Crippen molar-refractivity contribution in [3.05, 3.63) is 16.2 Å². The van der Waals surface area contributed by atoms with E-state index in [0.717, 1.165) is 48.8 Å². The Morgan fingerprint density at radius 2 is 2.17 bits per heavy atom. The summed E-state index contributed by atoms with van der Waals surface area (Å²) in [5, 5.41) is 0.324. The molecule has 0 aromatic carbocycles. The van der Waals surface area contributed by atoms with Crippen LogP contribution in [0.1, 0.15) is 11.8 Å². The summed E-state index contributed by atoms with van der Waals surface area (Å²) in [5.74, 6) is 0.956. The lowest BCUT2D eigenvalue weighted by Gasteiger charge is -2.28. The molecule has 0 atom stereocenters. The van der Waals surface area contributed by atoms with Crippen molar-refractivity contribution in [1.29, 1.82) is 0 Å². The van der Waals surface area contributed by atoms with Gasteiger partial charge in [-0.15, -0.1) is 11.3 Å². The predicted molar refractivity (Wildman–Crippen MR) is 74.8 cm³/mol. The van der Waals surface area contributed by atoms with Crippen molar-refractivity contribution in [3.63, 3.8) is 0 Å². The van der Waals surface area contributed by atoms with E-state index in [-0.39, 0.29) is 0 Å². The van der Waals surface area contributed by atoms with Gasteiger partial charge < -0.3 is 9.64 Å². The van der Waals surface area contributed by atoms with Gasteiger partial charge in [-0.1, -0.05) is 6.92 Å². The van der Waals surface area contributed by atoms with Crippen LogP contribution in [0, 0.1) is 0 Å². The molecule has 0 saturated carbocycles. The lowest BCUT2D eigenvalue weighted by molar-refractivity contribution is 0.122. The zero-order valence-corrected chi connectivity index (χ0v) is 11.7. The lowest BCUT2D eigenvalue weighted by atomic mass is 10.3. The van der Waals surface area contributed by atoms with E-state index >= 15 is 0 Å². The van der Waals surface area contributed by atoms with Crippen molar-refractivity contribution >= 4 is 39.0 Å². The Hall–Kier alpha value is -0.910. The van der Waals surface area contributed by atoms with Gasteiger partial charge in [0.05, 0.1) is 23.4 Å². The molecule has 96 valence electrons. The number of aryl methyl sites for hydroxylation is 1. The van der Waals surface area contributed by atoms with Crippen molar-refractivity contribution < 1.29 is 4.74 Å². The van der Waals surface area contributed by atoms with Crippen LogP contribution in [0.3, 0.4) is 0 Å². The van der Waals surface area contributed by atoms with Gasteiger partial charge in [0.1, 0.15) is 0 Å². The maximum atomic E-state index is 6.02. The van der Waals surface area contributed by atoms with E-state index in [1.807, 2.05) is 0 Å². The van der Waals surface area contributed by atoms with Crippen molar-refractivity contribution in [2.75, 3.05) is 31.2 Å². The van der Waals surface area contributed by atoms with Crippen LogP contribution < -0.4 is 4.90 Å². The van der Waals surface area contributed by atoms with Crippen LogP contribution in [0.15, 0.2) is 6.07 Å². The second kappa shape index (κ2) is 4.99. The topological polar surface area (TPSA) is 38.2 Å². The summed E-state index contributed by atoms with van der Waals surface area (Å²) in [6.45, 7) is 5.36. The third kappa shape index (κ3) is 2.18. The molecule has 0 bridgehead atoms. The summed E-state index contributed by atoms with van der Waals surface area (Å²) in [6, 6.07) is 2.11. The Bertz CT molecular complexity index is 566. The summed E-state index contributed by atoms with van der Waals surface area (Å²) in [7, 11) is 0. The SMILES string of the molecule is CCc1cc2nc(Cl)nc(N3CCOCC3)c2s1. The van der Waals surface area contributed by atoms with Crippen LogP contribution >= 0.6 is 22.9 Å². The third-order valence-corrected chi connectivity index (χ3v) is 4.47. The molecule has 2 aromatic rings. The highest BCUT2D eigenvalue weighted by molar-refractivity contribution is 7.19. The predicted octanol–water partition coefficient (Wildman–Crippen LogP) is 2.74. The first-order chi connectivity index (χ1) is 8.78. The van der Waals surface area contributed by atoms with Crippen LogP contribution in [0.5, 0.6) is 0 Å². The molecular weight excluding hydrogens is 270 g/mol. The van der Waals surface area contributed by atoms with Crippen LogP contribution in [0.4, 0.5) is 5.82 Å². The van der Waals surface area contributed by atoms with Gasteiger partial charge in [-0.2, -0.15) is 4.98 Å². The quantitative estimate of drug-likeness (QED) is 0.795. The van der Waals surface area contributed by atoms with Crippen molar-refractivity contribution in [3.8, 4) is 0 Å². The van der Waals surface area contributed by atoms with Gasteiger partial charge in [0.2, 0.25) is 5.28 Å². The number of anilines is 1. The molecule has 0 aliphatic carbocycles. The summed E-state index contributed by atoms with van der Waals surface area (Å²) >= 11 is 7.78. The second-order valence-electron chi connectivity index (χ2n) is 4.20. The summed E-state index contributed by atoms with van der Waals surface area (Å²) in [5.41, 5.74) is 0.957. The number of fused-ring (bicyclic) bond motifs is 1. The molecule has 3 rings (SSSR count). The van der Waals surface area contributed by atoms with E-state index in [9.17, 15) is 0 Å². The van der Waals surface area contributed by atoms with Crippen molar-refractivity contribution in [2.24, 2.45) is 0 Å². The molecule has 0 N–H and O–H groups in total. The zero-order valence-electron chi connectivity index (χ0n) is 10.1. The number of morpholine rings is 1. The summed E-state index contributed by atoms with van der Waals surface area (Å²) in [4.78, 5) is 12.3. The molecule has 3 heterocycles. The molecule has 1 aliphatic heterocycles. The maximum Gasteiger partial charge on any atom is 0.224 e. The van der Waals surface area contributed by atoms with Crippen LogP contribution in [0.25, 0.3) is 10.2 Å². The lowest BCUT2D eigenvalue weighted by Crippen LogP contribution is -2.36. The van der Waals surface area contributed by atoms with E-state index in [0.29, 0.717) is 5.28 Å². The Morgan fingerprint density at radius 1 is 1.39 bits per heavy atom. The van der Waals surface area contributed by atoms with E-state index in [1.54, 1.807) is 11.3 Å². The Morgan fingerprint density at radius 3 is 2.89 bits per heavy atom. The molecular formula is C12H14ClN3OS. The highest BCUT2D eigenvalue weighted by Gasteiger charge is 2.18. The largest absolute Gasteiger partial charge is 0.378 e. The van der Waals surface area contributed by atoms with Gasteiger partial charge >= 0.3 is 0 Å². The van der Waals surface area contributed by atoms with Gasteiger partial charge in [-0.3, -0.25) is 0 Å². The first kappa shape index (κ1) is 12.1. The van der Waals surface area contributed by atoms with Gasteiger partial charge in [0.15, 0.2) is 5.82 Å². The minimum atomic E-state index is 0.324. The average molecular weight is 284 g/mol. The normalized spacial score (nSPS) is 16.4. The first-order valence-corrected chi connectivity index (χ1v) is 7.26. The van der Waals surface area contributed by atoms with Gasteiger partial charge in [0, 0.05) is 18.0 Å². The van der Waals surface area contributed by atoms with E-state index in [4.69, 9.17) is 16.3 Å². The van der Waals surface area contributed by atoms with Gasteiger partial charge in [0.25, 0.3) is 0 Å². The first-order valence-electron chi connectivity index (χ1n) is 6.06. The molecule has 1 fully saturated rings. The third-order valence-electron chi connectivity index (χ3n) is 3.04. The summed E-state index contributed by atoms with van der Waals surface area (Å²) in [6.07, 6.45) is 1.02. The highest BCUT2D eigenvalue weighted by Crippen LogP contribution is 2.33. The smallest absolute Gasteiger partial charge is 0.224 e. The molecule has 0 amide bonds. The Kier molecular flexibility index (Phi) is 3.37. The molecule has 2 aromatic heterocycles. The van der Waals surface area contributed by atoms with E-state index < -0.39 is 0 Å². The number of aromatic nitrogens is 2. The van der Waals surface area contributed by atoms with Crippen molar-refractivity contribution in [1.82, 2.24) is 9.97 Å². The monoisotopic (exact) mass is 283 g/mol. The fourth-order valence-electron chi connectivity index (χ4n) is 2.10. The number of halogens is 1. The molecule has 18 heavy (non-hydrogen) atoms. The number of thiophene rings is 1. The van der Waals surface area contributed by atoms with Crippen LogP contribution in [-0.2, 0) is 11.2 Å². The van der Waals surface area contributed by atoms with Gasteiger partial charge in [-0.25, -0.2) is 4.98 Å². The second-order valence-corrected chi connectivity index (χ2v) is 5.67. The standard InChI is InChI=1S/C12H14ClN3OS/c1-2-8-7-9-10(18-8)11(15-12(13)14-9)16-3-5-17-6-4-16/h7H,2-6H2,1H3. The highest BCUT2D eigenvalue weighted by atomic mass is 35.5. The molecule has 0 unspecified atom stereocenters. The molecule has 6 heteroatoms. The number of hydrogen-bond donors (Lipinski definition) is 0. The number of rotatable bonds is 2. The van der Waals surface area contributed by atoms with Crippen molar-refractivity contribution in [2.45, 2.75) is 13.3 Å². The number of hydrogen-bond acceptors (Lipinski definition) is 5. The summed E-state index contributed by atoms with van der Waals surface area (Å²) < 4.78 is 6.51. The van der Waals surface area contributed by atoms with E-state index in [1.165, 1.54) is 4.88 Å². The number of nitrogens with zero attached hydrogens (tertiary/aromatic N) is 3. The molecule has 4 nitrogen and oxygen atoms in total.